The van der Waals surface area contributed by atoms with Gasteiger partial charge in [0.05, 0.1) is 14.2 Å². The summed E-state index contributed by atoms with van der Waals surface area (Å²) >= 11 is 0. The predicted molar refractivity (Wildman–Crippen MR) is 133 cm³/mol. The number of hydrogen-bond acceptors (Lipinski definition) is 8. The first-order valence-corrected chi connectivity index (χ1v) is 11.3. The van der Waals surface area contributed by atoms with Crippen molar-refractivity contribution in [1.82, 2.24) is 0 Å². The minimum absolute atomic E-state index is 0.0915. The van der Waals surface area contributed by atoms with E-state index in [1.165, 1.54) is 20.3 Å². The molecule has 8 nitrogen and oxygen atoms in total. The largest absolute Gasteiger partial charge is 0.493 e. The highest BCUT2D eigenvalue weighted by atomic mass is 16.6. The fraction of sp³-hybridized carbons (Fsp3) is 0.138. The van der Waals surface area contributed by atoms with Gasteiger partial charge in [0.25, 0.3) is 0 Å². The van der Waals surface area contributed by atoms with Crippen LogP contribution in [0.3, 0.4) is 0 Å². The summed E-state index contributed by atoms with van der Waals surface area (Å²) in [6.45, 7) is -0.183. The van der Waals surface area contributed by atoms with Crippen LogP contribution in [0.1, 0.15) is 16.7 Å². The minimum Gasteiger partial charge on any atom is -0.493 e. The summed E-state index contributed by atoms with van der Waals surface area (Å²) in [5.74, 6) is -2.12. The summed E-state index contributed by atoms with van der Waals surface area (Å²) < 4.78 is 26.8. The molecule has 0 amide bonds. The molecule has 0 saturated carbocycles. The molecule has 0 fully saturated rings. The Kier molecular flexibility index (Phi) is 8.00. The summed E-state index contributed by atoms with van der Waals surface area (Å²) in [5.41, 5.74) is 1.57. The van der Waals surface area contributed by atoms with E-state index in [9.17, 15) is 14.4 Å². The third-order valence-electron chi connectivity index (χ3n) is 5.46. The average Bonchev–Trinajstić information content (AvgIpc) is 3.32. The second kappa shape index (κ2) is 11.7. The molecule has 0 atom stereocenters. The van der Waals surface area contributed by atoms with Gasteiger partial charge in [0.15, 0.2) is 22.8 Å². The van der Waals surface area contributed by atoms with Crippen LogP contribution in [0.25, 0.3) is 5.57 Å². The second-order valence-corrected chi connectivity index (χ2v) is 7.88. The molecule has 0 N–H and O–H groups in total. The Labute approximate surface area is 213 Å². The number of carbonyl (C=O) groups excluding carboxylic acids is 3. The molecule has 3 aromatic rings. The van der Waals surface area contributed by atoms with E-state index in [2.05, 4.69) is 0 Å². The standard InChI is InChI=1S/C29H24O8/c1-33-23-14-13-21(15-24(23)34-2)22-16-25(30)37-27(22)26(28(31)35-17-19-9-5-3-6-10-19)29(32)36-18-20-11-7-4-8-12-20/h3-16H,17-18H2,1-2H3. The Morgan fingerprint density at radius 2 is 1.27 bits per heavy atom. The number of allylic oxidation sites excluding steroid dienone is 1. The highest BCUT2D eigenvalue weighted by Crippen LogP contribution is 2.37. The molecular formula is C29H24O8. The van der Waals surface area contributed by atoms with Gasteiger partial charge in [-0.15, -0.1) is 0 Å². The predicted octanol–water partition coefficient (Wildman–Crippen LogP) is 4.38. The maximum Gasteiger partial charge on any atom is 0.349 e. The van der Waals surface area contributed by atoms with Crippen LogP contribution in [0.5, 0.6) is 11.5 Å². The van der Waals surface area contributed by atoms with E-state index in [1.54, 1.807) is 66.7 Å². The van der Waals surface area contributed by atoms with Gasteiger partial charge < -0.3 is 23.7 Å². The van der Waals surface area contributed by atoms with E-state index in [-0.39, 0.29) is 24.5 Å². The van der Waals surface area contributed by atoms with Crippen LogP contribution in [0, 0.1) is 0 Å². The zero-order valence-electron chi connectivity index (χ0n) is 20.3. The normalized spacial score (nSPS) is 12.3. The Morgan fingerprint density at radius 1 is 0.730 bits per heavy atom. The van der Waals surface area contributed by atoms with Crippen molar-refractivity contribution in [1.29, 1.82) is 0 Å². The minimum atomic E-state index is -0.988. The summed E-state index contributed by atoms with van der Waals surface area (Å²) in [7, 11) is 2.96. The van der Waals surface area contributed by atoms with E-state index in [1.807, 2.05) is 12.1 Å². The van der Waals surface area contributed by atoms with Crippen molar-refractivity contribution in [3.63, 3.8) is 0 Å². The summed E-state index contributed by atoms with van der Waals surface area (Å²) in [4.78, 5) is 38.8. The third-order valence-corrected chi connectivity index (χ3v) is 5.46. The van der Waals surface area contributed by atoms with Crippen LogP contribution in [-0.2, 0) is 41.8 Å². The molecule has 0 bridgehead atoms. The summed E-state index contributed by atoms with van der Waals surface area (Å²) in [6, 6.07) is 22.9. The van der Waals surface area contributed by atoms with Crippen LogP contribution in [-0.4, -0.2) is 32.1 Å². The first-order chi connectivity index (χ1) is 18.0. The van der Waals surface area contributed by atoms with E-state index >= 15 is 0 Å². The molecule has 0 spiro atoms. The average molecular weight is 501 g/mol. The zero-order valence-corrected chi connectivity index (χ0v) is 20.3. The van der Waals surface area contributed by atoms with Gasteiger partial charge in [-0.05, 0) is 28.8 Å². The Hall–Kier alpha value is -4.85. The number of rotatable bonds is 9. The summed E-state index contributed by atoms with van der Waals surface area (Å²) in [5, 5.41) is 0. The van der Waals surface area contributed by atoms with E-state index in [0.29, 0.717) is 17.1 Å². The van der Waals surface area contributed by atoms with E-state index in [0.717, 1.165) is 11.1 Å². The number of methoxy groups -OCH3 is 2. The van der Waals surface area contributed by atoms with Crippen LogP contribution in [0.4, 0.5) is 0 Å². The second-order valence-electron chi connectivity index (χ2n) is 7.88. The number of carbonyl (C=O) groups is 3. The van der Waals surface area contributed by atoms with Gasteiger partial charge in [0.1, 0.15) is 13.2 Å². The van der Waals surface area contributed by atoms with Crippen molar-refractivity contribution in [2.45, 2.75) is 13.2 Å². The zero-order chi connectivity index (χ0) is 26.2. The lowest BCUT2D eigenvalue weighted by molar-refractivity contribution is -0.149. The molecule has 0 aromatic heterocycles. The first kappa shape index (κ1) is 25.2. The fourth-order valence-electron chi connectivity index (χ4n) is 3.63. The lowest BCUT2D eigenvalue weighted by atomic mass is 10.0. The molecule has 0 saturated heterocycles. The topological polar surface area (TPSA) is 97.4 Å². The van der Waals surface area contributed by atoms with Crippen molar-refractivity contribution >= 4 is 23.5 Å². The Balaban J connectivity index is 1.70. The maximum atomic E-state index is 13.2. The fourth-order valence-corrected chi connectivity index (χ4v) is 3.63. The van der Waals surface area contributed by atoms with Gasteiger partial charge in [-0.2, -0.15) is 0 Å². The lowest BCUT2D eigenvalue weighted by Crippen LogP contribution is -2.21. The SMILES string of the molecule is COc1ccc(C2=CC(=O)OC2=C(C(=O)OCc2ccccc2)C(=O)OCc2ccccc2)cc1OC. The highest BCUT2D eigenvalue weighted by molar-refractivity contribution is 6.19. The quantitative estimate of drug-likeness (QED) is 0.140. The molecule has 0 unspecified atom stereocenters. The number of esters is 3. The van der Waals surface area contributed by atoms with Crippen LogP contribution >= 0.6 is 0 Å². The smallest absolute Gasteiger partial charge is 0.349 e. The van der Waals surface area contributed by atoms with E-state index < -0.39 is 23.5 Å². The molecule has 1 aliphatic rings. The van der Waals surface area contributed by atoms with Crippen LogP contribution in [0.15, 0.2) is 96.3 Å². The van der Waals surface area contributed by atoms with Crippen molar-refractivity contribution in [2.75, 3.05) is 14.2 Å². The Bertz CT molecular complexity index is 1300. The number of benzene rings is 3. The van der Waals surface area contributed by atoms with Crippen LogP contribution in [0.2, 0.25) is 0 Å². The monoisotopic (exact) mass is 500 g/mol. The van der Waals surface area contributed by atoms with Gasteiger partial charge in [-0.3, -0.25) is 0 Å². The van der Waals surface area contributed by atoms with Crippen molar-refractivity contribution < 1.29 is 38.1 Å². The molecule has 1 heterocycles. The van der Waals surface area contributed by atoms with Gasteiger partial charge in [0, 0.05) is 11.6 Å². The van der Waals surface area contributed by atoms with Crippen molar-refractivity contribution in [3.8, 4) is 11.5 Å². The maximum absolute atomic E-state index is 13.2. The van der Waals surface area contributed by atoms with E-state index in [4.69, 9.17) is 23.7 Å². The third kappa shape index (κ3) is 6.05. The number of ether oxygens (including phenoxy) is 5. The molecule has 188 valence electrons. The molecule has 3 aromatic carbocycles. The van der Waals surface area contributed by atoms with Crippen molar-refractivity contribution in [2.24, 2.45) is 0 Å². The number of hydrogen-bond donors (Lipinski definition) is 0. The molecule has 0 radical (unpaired) electrons. The summed E-state index contributed by atoms with van der Waals surface area (Å²) in [6.07, 6.45) is 1.19. The lowest BCUT2D eigenvalue weighted by Gasteiger charge is -2.14. The van der Waals surface area contributed by atoms with Gasteiger partial charge in [-0.1, -0.05) is 66.7 Å². The van der Waals surface area contributed by atoms with Gasteiger partial charge >= 0.3 is 17.9 Å². The van der Waals surface area contributed by atoms with Gasteiger partial charge in [-0.25, -0.2) is 14.4 Å². The Morgan fingerprint density at radius 3 is 1.78 bits per heavy atom. The van der Waals surface area contributed by atoms with Crippen LogP contribution < -0.4 is 9.47 Å². The first-order valence-electron chi connectivity index (χ1n) is 11.3. The molecule has 37 heavy (non-hydrogen) atoms. The highest BCUT2D eigenvalue weighted by Gasteiger charge is 2.35. The molecule has 4 rings (SSSR count). The number of cyclic esters (lactones) is 1. The molecular weight excluding hydrogens is 476 g/mol. The molecule has 8 heteroatoms. The molecule has 0 aliphatic carbocycles. The van der Waals surface area contributed by atoms with Crippen molar-refractivity contribution in [3.05, 3.63) is 113 Å². The van der Waals surface area contributed by atoms with Gasteiger partial charge in [0.2, 0.25) is 0 Å². The molecule has 1 aliphatic heterocycles.